The van der Waals surface area contributed by atoms with Crippen LogP contribution < -0.4 is 0 Å². The molecule has 0 aliphatic carbocycles. The zero-order chi connectivity index (χ0) is 14.4. The molecule has 0 atom stereocenters. The van der Waals surface area contributed by atoms with E-state index in [1.165, 1.54) is 5.01 Å². The molecule has 0 bridgehead atoms. The molecule has 0 radical (unpaired) electrons. The fraction of sp³-hybridized carbons (Fsp3) is 1.00. The van der Waals surface area contributed by atoms with Crippen molar-refractivity contribution in [2.45, 2.75) is 53.0 Å². The maximum atomic E-state index is 11.5. The van der Waals surface area contributed by atoms with Crippen molar-refractivity contribution in [2.24, 2.45) is 10.7 Å². The SMILES string of the molecule is CN(/[N+]([O-])=N/OCCCC(C)(C)CO)C(C)(C)C. The summed E-state index contributed by atoms with van der Waals surface area (Å²) in [4.78, 5) is 5.42. The van der Waals surface area contributed by atoms with Crippen LogP contribution in [0.4, 0.5) is 0 Å². The van der Waals surface area contributed by atoms with Crippen molar-refractivity contribution in [2.75, 3.05) is 20.3 Å². The maximum Gasteiger partial charge on any atom is 0.233 e. The van der Waals surface area contributed by atoms with Crippen LogP contribution in [0.15, 0.2) is 5.28 Å². The van der Waals surface area contributed by atoms with Crippen molar-refractivity contribution in [1.82, 2.24) is 5.01 Å². The summed E-state index contributed by atoms with van der Waals surface area (Å²) in [5.74, 6) is 0. The Morgan fingerprint density at radius 1 is 1.28 bits per heavy atom. The highest BCUT2D eigenvalue weighted by molar-refractivity contribution is 4.66. The van der Waals surface area contributed by atoms with E-state index in [0.29, 0.717) is 11.6 Å². The number of aliphatic hydroxyl groups is 1. The van der Waals surface area contributed by atoms with Crippen molar-refractivity contribution >= 4 is 0 Å². The average Bonchev–Trinajstić information content (AvgIpc) is 2.26. The highest BCUT2D eigenvalue weighted by Crippen LogP contribution is 2.20. The first-order valence-corrected chi connectivity index (χ1v) is 6.25. The van der Waals surface area contributed by atoms with Crippen LogP contribution in [0, 0.1) is 10.6 Å². The van der Waals surface area contributed by atoms with Gasteiger partial charge in [-0.05, 0) is 39.0 Å². The molecule has 0 unspecified atom stereocenters. The first kappa shape index (κ1) is 17.0. The summed E-state index contributed by atoms with van der Waals surface area (Å²) in [6.45, 7) is 10.2. The molecule has 6 heteroatoms. The van der Waals surface area contributed by atoms with Gasteiger partial charge in [-0.25, -0.2) is 0 Å². The predicted octanol–water partition coefficient (Wildman–Crippen LogP) is 2.32. The predicted molar refractivity (Wildman–Crippen MR) is 69.6 cm³/mol. The summed E-state index contributed by atoms with van der Waals surface area (Å²) in [6.07, 6.45) is 1.58. The number of hydrogen-bond donors (Lipinski definition) is 1. The maximum absolute atomic E-state index is 11.5. The molecule has 0 aromatic heterocycles. The van der Waals surface area contributed by atoms with Crippen molar-refractivity contribution < 1.29 is 14.9 Å². The van der Waals surface area contributed by atoms with Gasteiger partial charge in [-0.1, -0.05) is 13.8 Å². The summed E-state index contributed by atoms with van der Waals surface area (Å²) in [5.41, 5.74) is -0.407. The Morgan fingerprint density at radius 2 is 1.83 bits per heavy atom. The third-order valence-electron chi connectivity index (χ3n) is 2.87. The molecule has 0 heterocycles. The van der Waals surface area contributed by atoms with Gasteiger partial charge in [-0.3, -0.25) is 0 Å². The molecule has 0 aliphatic rings. The van der Waals surface area contributed by atoms with Gasteiger partial charge < -0.3 is 15.2 Å². The Labute approximate surface area is 110 Å². The average molecular weight is 261 g/mol. The second kappa shape index (κ2) is 6.78. The van der Waals surface area contributed by atoms with E-state index in [1.807, 2.05) is 34.6 Å². The molecule has 0 saturated heterocycles. The molecule has 0 amide bonds. The minimum Gasteiger partial charge on any atom is -0.569 e. The van der Waals surface area contributed by atoms with Crippen LogP contribution >= 0.6 is 0 Å². The number of hydrogen-bond acceptors (Lipinski definition) is 4. The van der Waals surface area contributed by atoms with Crippen LogP contribution in [-0.2, 0) is 4.84 Å². The quantitative estimate of drug-likeness (QED) is 0.330. The second-order valence-electron chi connectivity index (χ2n) is 6.29. The van der Waals surface area contributed by atoms with Gasteiger partial charge in [0.05, 0.1) is 17.6 Å². The van der Waals surface area contributed by atoms with Crippen LogP contribution in [0.1, 0.15) is 47.5 Å². The second-order valence-corrected chi connectivity index (χ2v) is 6.29. The Morgan fingerprint density at radius 3 is 2.28 bits per heavy atom. The van der Waals surface area contributed by atoms with Gasteiger partial charge in [0, 0.05) is 6.61 Å². The van der Waals surface area contributed by atoms with Crippen molar-refractivity contribution in [3.8, 4) is 0 Å². The van der Waals surface area contributed by atoms with Gasteiger partial charge in [-0.15, -0.1) is 5.01 Å². The molecule has 1 N–H and O–H groups in total. The minimum absolute atomic E-state index is 0.108. The molecule has 108 valence electrons. The van der Waals surface area contributed by atoms with Gasteiger partial charge in [0.1, 0.15) is 6.61 Å². The van der Waals surface area contributed by atoms with E-state index in [4.69, 9.17) is 9.94 Å². The summed E-state index contributed by atoms with van der Waals surface area (Å²) < 4.78 is 0. The van der Waals surface area contributed by atoms with Crippen LogP contribution in [0.25, 0.3) is 0 Å². The molecule has 6 nitrogen and oxygen atoms in total. The van der Waals surface area contributed by atoms with Crippen LogP contribution in [0.3, 0.4) is 0 Å². The Hall–Kier alpha value is -1.04. The Balaban J connectivity index is 3.97. The van der Waals surface area contributed by atoms with Crippen molar-refractivity contribution in [3.05, 3.63) is 5.21 Å². The Kier molecular flexibility index (Phi) is 6.38. The number of aliphatic hydroxyl groups excluding tert-OH is 1. The van der Waals surface area contributed by atoms with Crippen LogP contribution in [0.2, 0.25) is 0 Å². The first-order chi connectivity index (χ1) is 8.10. The number of hydrazine groups is 1. The highest BCUT2D eigenvalue weighted by atomic mass is 16.7. The number of nitrogens with zero attached hydrogens (tertiary/aromatic N) is 3. The third-order valence-corrected chi connectivity index (χ3v) is 2.87. The van der Waals surface area contributed by atoms with Crippen molar-refractivity contribution in [1.29, 1.82) is 0 Å². The lowest BCUT2D eigenvalue weighted by Gasteiger charge is -2.26. The van der Waals surface area contributed by atoms with Gasteiger partial charge in [0.2, 0.25) is 5.28 Å². The van der Waals surface area contributed by atoms with Crippen molar-refractivity contribution in [3.63, 3.8) is 0 Å². The molecule has 0 spiro atoms. The molecule has 0 aliphatic heterocycles. The lowest BCUT2D eigenvalue weighted by Crippen LogP contribution is -2.42. The van der Waals surface area contributed by atoms with E-state index < -0.39 is 0 Å². The van der Waals surface area contributed by atoms with Gasteiger partial charge >= 0.3 is 0 Å². The lowest BCUT2D eigenvalue weighted by atomic mass is 9.89. The summed E-state index contributed by atoms with van der Waals surface area (Å²) in [7, 11) is 1.66. The molecular formula is C12H27N3O3. The Bertz CT molecular complexity index is 272. The fourth-order valence-corrected chi connectivity index (χ4v) is 1.10. The smallest absolute Gasteiger partial charge is 0.233 e. The fourth-order valence-electron chi connectivity index (χ4n) is 1.10. The largest absolute Gasteiger partial charge is 0.569 e. The molecular weight excluding hydrogens is 234 g/mol. The van der Waals surface area contributed by atoms with E-state index in [1.54, 1.807) is 7.05 Å². The monoisotopic (exact) mass is 261 g/mol. The van der Waals surface area contributed by atoms with E-state index in [0.717, 1.165) is 12.8 Å². The van der Waals surface area contributed by atoms with Crippen LogP contribution in [-0.4, -0.2) is 40.9 Å². The molecule has 0 aromatic rings. The van der Waals surface area contributed by atoms with E-state index in [-0.39, 0.29) is 17.6 Å². The summed E-state index contributed by atoms with van der Waals surface area (Å²) in [5, 5.41) is 25.5. The zero-order valence-electron chi connectivity index (χ0n) is 12.4. The topological polar surface area (TPSA) is 71.1 Å². The molecule has 18 heavy (non-hydrogen) atoms. The molecule has 0 fully saturated rings. The summed E-state index contributed by atoms with van der Waals surface area (Å²) >= 11 is 0. The standard InChI is InChI=1S/C12H27N3O3/c1-11(2,3)14(6)15(17)13-18-9-7-8-12(4,5)10-16/h16H,7-10H2,1-6H3/b15-13-. The minimum atomic E-state index is -0.298. The highest BCUT2D eigenvalue weighted by Gasteiger charge is 2.24. The van der Waals surface area contributed by atoms with Gasteiger partial charge in [0.25, 0.3) is 0 Å². The normalized spacial score (nSPS) is 13.6. The molecule has 0 aromatic carbocycles. The van der Waals surface area contributed by atoms with E-state index in [2.05, 4.69) is 5.28 Å². The van der Waals surface area contributed by atoms with Gasteiger partial charge in [0.15, 0.2) is 0 Å². The third kappa shape index (κ3) is 6.64. The molecule has 0 rings (SSSR count). The number of rotatable bonds is 7. The summed E-state index contributed by atoms with van der Waals surface area (Å²) in [6, 6.07) is 0. The molecule has 0 saturated carbocycles. The van der Waals surface area contributed by atoms with Gasteiger partial charge in [-0.2, -0.15) is 0 Å². The van der Waals surface area contributed by atoms with E-state index in [9.17, 15) is 5.21 Å². The lowest BCUT2D eigenvalue weighted by molar-refractivity contribution is -0.719. The van der Waals surface area contributed by atoms with Crippen LogP contribution in [0.5, 0.6) is 0 Å². The van der Waals surface area contributed by atoms with E-state index >= 15 is 0 Å². The zero-order valence-corrected chi connectivity index (χ0v) is 12.4. The first-order valence-electron chi connectivity index (χ1n) is 6.25.